The summed E-state index contributed by atoms with van der Waals surface area (Å²) in [6.45, 7) is 3.46. The maximum absolute atomic E-state index is 12.5. The van der Waals surface area contributed by atoms with Crippen molar-refractivity contribution in [2.75, 3.05) is 38.3 Å². The van der Waals surface area contributed by atoms with Crippen LogP contribution in [-0.2, 0) is 9.59 Å². The van der Waals surface area contributed by atoms with E-state index in [1.54, 1.807) is 12.0 Å². The number of carbonyl (C=O) groups excluding carboxylic acids is 2. The number of rotatable bonds is 9. The van der Waals surface area contributed by atoms with Crippen LogP contribution in [0, 0.1) is 5.92 Å². The van der Waals surface area contributed by atoms with Crippen molar-refractivity contribution in [2.45, 2.75) is 13.3 Å². The number of hydrogen-bond acceptors (Lipinski definition) is 5. The molecule has 0 bridgehead atoms. The molecule has 1 atom stereocenters. The van der Waals surface area contributed by atoms with Crippen molar-refractivity contribution < 1.29 is 23.8 Å². The third-order valence-electron chi connectivity index (χ3n) is 4.68. The van der Waals surface area contributed by atoms with Gasteiger partial charge < -0.3 is 24.4 Å². The molecular formula is C22H26N2O5. The Labute approximate surface area is 170 Å². The van der Waals surface area contributed by atoms with E-state index in [-0.39, 0.29) is 18.2 Å². The molecule has 1 aliphatic heterocycles. The first-order valence-corrected chi connectivity index (χ1v) is 9.69. The Morgan fingerprint density at radius 1 is 1.10 bits per heavy atom. The summed E-state index contributed by atoms with van der Waals surface area (Å²) in [4.78, 5) is 26.6. The molecule has 0 radical (unpaired) electrons. The highest BCUT2D eigenvalue weighted by Crippen LogP contribution is 2.33. The fraction of sp³-hybridized carbons (Fsp3) is 0.364. The Balaban J connectivity index is 1.49. The normalized spacial score (nSPS) is 15.9. The van der Waals surface area contributed by atoms with Crippen molar-refractivity contribution >= 4 is 17.5 Å². The molecule has 2 amide bonds. The highest BCUT2D eigenvalue weighted by Gasteiger charge is 2.36. The first-order valence-electron chi connectivity index (χ1n) is 9.69. The number of para-hydroxylation sites is 2. The van der Waals surface area contributed by atoms with Crippen LogP contribution in [0.3, 0.4) is 0 Å². The number of amides is 2. The molecule has 2 aromatic carbocycles. The Morgan fingerprint density at radius 2 is 1.83 bits per heavy atom. The fourth-order valence-corrected chi connectivity index (χ4v) is 3.23. The summed E-state index contributed by atoms with van der Waals surface area (Å²) < 4.78 is 16.3. The van der Waals surface area contributed by atoms with Gasteiger partial charge in [-0.05, 0) is 43.3 Å². The highest BCUT2D eigenvalue weighted by atomic mass is 16.5. The fourth-order valence-electron chi connectivity index (χ4n) is 3.23. The summed E-state index contributed by atoms with van der Waals surface area (Å²) in [5.41, 5.74) is 0.706. The van der Waals surface area contributed by atoms with Crippen molar-refractivity contribution in [3.8, 4) is 17.2 Å². The van der Waals surface area contributed by atoms with Crippen LogP contribution >= 0.6 is 0 Å². The number of hydrogen-bond donors (Lipinski definition) is 1. The quantitative estimate of drug-likeness (QED) is 0.657. The molecule has 7 heteroatoms. The molecule has 0 saturated carbocycles. The summed E-state index contributed by atoms with van der Waals surface area (Å²) in [6, 6.07) is 14.6. The first-order chi connectivity index (χ1) is 14.1. The molecule has 0 aliphatic carbocycles. The van der Waals surface area contributed by atoms with Gasteiger partial charge in [0.1, 0.15) is 23.9 Å². The molecule has 3 rings (SSSR count). The molecule has 1 unspecified atom stereocenters. The van der Waals surface area contributed by atoms with E-state index in [0.29, 0.717) is 43.5 Å². The topological polar surface area (TPSA) is 77.1 Å². The van der Waals surface area contributed by atoms with Crippen LogP contribution in [-0.4, -0.2) is 45.2 Å². The third-order valence-corrected chi connectivity index (χ3v) is 4.68. The zero-order valence-electron chi connectivity index (χ0n) is 16.7. The van der Waals surface area contributed by atoms with Gasteiger partial charge >= 0.3 is 0 Å². The predicted octanol–water partition coefficient (Wildman–Crippen LogP) is 2.64. The van der Waals surface area contributed by atoms with Gasteiger partial charge in [-0.2, -0.15) is 0 Å². The lowest BCUT2D eigenvalue weighted by Gasteiger charge is -2.20. The van der Waals surface area contributed by atoms with Gasteiger partial charge in [-0.25, -0.2) is 0 Å². The van der Waals surface area contributed by atoms with Gasteiger partial charge in [0.05, 0.1) is 31.9 Å². The van der Waals surface area contributed by atoms with Gasteiger partial charge in [0, 0.05) is 13.0 Å². The van der Waals surface area contributed by atoms with Crippen molar-refractivity contribution in [2.24, 2.45) is 5.92 Å². The minimum Gasteiger partial charge on any atom is -0.497 e. The zero-order valence-corrected chi connectivity index (χ0v) is 16.7. The second-order valence-corrected chi connectivity index (χ2v) is 6.62. The molecule has 7 nitrogen and oxygen atoms in total. The average molecular weight is 398 g/mol. The van der Waals surface area contributed by atoms with Crippen LogP contribution in [0.15, 0.2) is 48.5 Å². The molecule has 1 aliphatic rings. The molecule has 0 aromatic heterocycles. The minimum absolute atomic E-state index is 0.0771. The maximum atomic E-state index is 12.5. The Hall–Kier alpha value is -3.22. The Morgan fingerprint density at radius 3 is 2.55 bits per heavy atom. The molecule has 1 heterocycles. The number of nitrogens with zero attached hydrogens (tertiary/aromatic N) is 1. The van der Waals surface area contributed by atoms with Crippen molar-refractivity contribution in [1.29, 1.82) is 0 Å². The van der Waals surface area contributed by atoms with Gasteiger partial charge in [0.2, 0.25) is 11.8 Å². The van der Waals surface area contributed by atoms with Crippen LogP contribution in [0.1, 0.15) is 13.3 Å². The van der Waals surface area contributed by atoms with Gasteiger partial charge in [-0.3, -0.25) is 9.59 Å². The summed E-state index contributed by atoms with van der Waals surface area (Å²) in [7, 11) is 1.61. The number of carbonyl (C=O) groups is 2. The van der Waals surface area contributed by atoms with Crippen molar-refractivity contribution in [3.05, 3.63) is 48.5 Å². The van der Waals surface area contributed by atoms with E-state index >= 15 is 0 Å². The lowest BCUT2D eigenvalue weighted by molar-refractivity contribution is -0.126. The number of anilines is 1. The van der Waals surface area contributed by atoms with E-state index in [0.717, 1.165) is 5.75 Å². The number of nitrogens with one attached hydrogen (secondary N) is 1. The summed E-state index contributed by atoms with van der Waals surface area (Å²) in [5, 5.41) is 2.85. The van der Waals surface area contributed by atoms with Gasteiger partial charge in [-0.1, -0.05) is 12.1 Å². The van der Waals surface area contributed by atoms with Crippen LogP contribution in [0.2, 0.25) is 0 Å². The lowest BCUT2D eigenvalue weighted by atomic mass is 10.1. The van der Waals surface area contributed by atoms with Crippen molar-refractivity contribution in [1.82, 2.24) is 5.32 Å². The van der Waals surface area contributed by atoms with Crippen LogP contribution in [0.5, 0.6) is 17.2 Å². The molecule has 1 fully saturated rings. The lowest BCUT2D eigenvalue weighted by Crippen LogP contribution is -2.35. The second kappa shape index (κ2) is 9.82. The summed E-state index contributed by atoms with van der Waals surface area (Å²) in [5.74, 6) is 1.50. The van der Waals surface area contributed by atoms with Gasteiger partial charge in [-0.15, -0.1) is 0 Å². The van der Waals surface area contributed by atoms with Crippen LogP contribution in [0.25, 0.3) is 0 Å². The number of ether oxygens (including phenoxy) is 3. The zero-order chi connectivity index (χ0) is 20.6. The predicted molar refractivity (Wildman–Crippen MR) is 110 cm³/mol. The van der Waals surface area contributed by atoms with E-state index < -0.39 is 5.92 Å². The van der Waals surface area contributed by atoms with E-state index in [2.05, 4.69) is 5.32 Å². The molecular weight excluding hydrogens is 372 g/mol. The van der Waals surface area contributed by atoms with E-state index in [9.17, 15) is 9.59 Å². The van der Waals surface area contributed by atoms with Gasteiger partial charge in [0.25, 0.3) is 0 Å². The minimum atomic E-state index is -0.391. The van der Waals surface area contributed by atoms with E-state index in [1.807, 2.05) is 55.5 Å². The summed E-state index contributed by atoms with van der Waals surface area (Å²) >= 11 is 0. The molecule has 1 N–H and O–H groups in total. The average Bonchev–Trinajstić information content (AvgIpc) is 3.14. The number of benzene rings is 2. The van der Waals surface area contributed by atoms with E-state index in [1.165, 1.54) is 0 Å². The second-order valence-electron chi connectivity index (χ2n) is 6.62. The van der Waals surface area contributed by atoms with Crippen LogP contribution in [0.4, 0.5) is 5.69 Å². The third kappa shape index (κ3) is 5.19. The smallest absolute Gasteiger partial charge is 0.227 e. The number of methoxy groups -OCH3 is 1. The molecule has 29 heavy (non-hydrogen) atoms. The monoisotopic (exact) mass is 398 g/mol. The molecule has 2 aromatic rings. The Bertz CT molecular complexity index is 837. The maximum Gasteiger partial charge on any atom is 0.227 e. The van der Waals surface area contributed by atoms with Crippen LogP contribution < -0.4 is 24.4 Å². The van der Waals surface area contributed by atoms with Crippen molar-refractivity contribution in [3.63, 3.8) is 0 Å². The largest absolute Gasteiger partial charge is 0.497 e. The highest BCUT2D eigenvalue weighted by molar-refractivity contribution is 6.01. The molecule has 1 saturated heterocycles. The SMILES string of the molecule is CCOc1ccccc1N1CC(C(=O)NCCOc2ccc(OC)cc2)CC1=O. The standard InChI is InChI=1S/C22H26N2O5/c1-3-28-20-7-5-4-6-19(20)24-15-16(14-21(24)25)22(26)23-12-13-29-18-10-8-17(27-2)9-11-18/h4-11,16H,3,12-15H2,1-2H3,(H,23,26). The van der Waals surface area contributed by atoms with Gasteiger partial charge in [0.15, 0.2) is 0 Å². The summed E-state index contributed by atoms with van der Waals surface area (Å²) in [6.07, 6.45) is 0.186. The molecule has 0 spiro atoms. The first kappa shape index (κ1) is 20.5. The molecule has 154 valence electrons. The Kier molecular flexibility index (Phi) is 6.94. The van der Waals surface area contributed by atoms with E-state index in [4.69, 9.17) is 14.2 Å².